The summed E-state index contributed by atoms with van der Waals surface area (Å²) in [7, 11) is 1.74. The number of amides is 1. The van der Waals surface area contributed by atoms with E-state index in [0.29, 0.717) is 0 Å². The normalized spacial score (nSPS) is 17.6. The minimum Gasteiger partial charge on any atom is -0.317 e. The van der Waals surface area contributed by atoms with Crippen LogP contribution >= 0.6 is 0 Å². The topological polar surface area (TPSA) is 59.2 Å². The second-order valence-corrected chi connectivity index (χ2v) is 3.73. The van der Waals surface area contributed by atoms with Crippen LogP contribution in [0, 0.1) is 0 Å². The minimum absolute atomic E-state index is 0.0105. The molecule has 0 bridgehead atoms. The molecular formula is C10H13N3O. The summed E-state index contributed by atoms with van der Waals surface area (Å²) >= 11 is 0. The second kappa shape index (κ2) is 3.06. The molecule has 1 aliphatic carbocycles. The summed E-state index contributed by atoms with van der Waals surface area (Å²) in [5.74, 6) is -0.0105. The Morgan fingerprint density at radius 2 is 2.07 bits per heavy atom. The molecule has 1 fully saturated rings. The summed E-state index contributed by atoms with van der Waals surface area (Å²) in [6.45, 7) is 0. The monoisotopic (exact) mass is 191 g/mol. The van der Waals surface area contributed by atoms with E-state index in [1.807, 2.05) is 0 Å². The number of likely N-dealkylation sites (N-methyl/N-ethyl adjacent to an activating group) is 1. The lowest BCUT2D eigenvalue weighted by Gasteiger charge is -2.20. The Kier molecular flexibility index (Phi) is 2.00. The van der Waals surface area contributed by atoms with E-state index in [2.05, 4.69) is 4.98 Å². The molecule has 0 radical (unpaired) electrons. The van der Waals surface area contributed by atoms with Gasteiger partial charge in [-0.05, 0) is 25.0 Å². The number of hydrogen-bond donors (Lipinski definition) is 1. The summed E-state index contributed by atoms with van der Waals surface area (Å²) in [5, 5.41) is 0. The second-order valence-electron chi connectivity index (χ2n) is 3.73. The van der Waals surface area contributed by atoms with Gasteiger partial charge in [0.05, 0.1) is 5.54 Å². The number of nitrogens with two attached hydrogens (primary N) is 1. The molecule has 0 aromatic carbocycles. The van der Waals surface area contributed by atoms with E-state index in [-0.39, 0.29) is 5.91 Å². The molecule has 1 aromatic rings. The maximum absolute atomic E-state index is 11.8. The zero-order valence-electron chi connectivity index (χ0n) is 8.10. The largest absolute Gasteiger partial charge is 0.317 e. The average Bonchev–Trinajstić information content (AvgIpc) is 2.97. The smallest absolute Gasteiger partial charge is 0.246 e. The lowest BCUT2D eigenvalue weighted by Crippen LogP contribution is -2.43. The van der Waals surface area contributed by atoms with Gasteiger partial charge in [0, 0.05) is 25.1 Å². The minimum atomic E-state index is -0.599. The molecule has 1 aliphatic rings. The standard InChI is InChI=1S/C10H13N3O/c1-13(8-2-6-12-7-3-8)9(14)10(11)4-5-10/h2-3,6-7H,4-5,11H2,1H3. The van der Waals surface area contributed by atoms with Crippen LogP contribution in [-0.4, -0.2) is 23.5 Å². The number of aromatic nitrogens is 1. The summed E-state index contributed by atoms with van der Waals surface area (Å²) in [6, 6.07) is 3.59. The molecular weight excluding hydrogens is 178 g/mol. The highest BCUT2D eigenvalue weighted by Gasteiger charge is 2.47. The van der Waals surface area contributed by atoms with Crippen LogP contribution in [0.15, 0.2) is 24.5 Å². The van der Waals surface area contributed by atoms with Crippen LogP contribution in [0.25, 0.3) is 0 Å². The first-order valence-corrected chi connectivity index (χ1v) is 4.60. The van der Waals surface area contributed by atoms with Crippen molar-refractivity contribution in [2.24, 2.45) is 5.73 Å². The highest BCUT2D eigenvalue weighted by molar-refractivity contribution is 6.01. The molecule has 0 spiro atoms. The van der Waals surface area contributed by atoms with E-state index in [0.717, 1.165) is 18.5 Å². The average molecular weight is 191 g/mol. The lowest BCUT2D eigenvalue weighted by atomic mass is 10.2. The molecule has 14 heavy (non-hydrogen) atoms. The molecule has 1 heterocycles. The van der Waals surface area contributed by atoms with Gasteiger partial charge in [-0.1, -0.05) is 0 Å². The van der Waals surface area contributed by atoms with E-state index < -0.39 is 5.54 Å². The van der Waals surface area contributed by atoms with Gasteiger partial charge in [0.1, 0.15) is 0 Å². The van der Waals surface area contributed by atoms with E-state index in [9.17, 15) is 4.79 Å². The third kappa shape index (κ3) is 1.48. The van der Waals surface area contributed by atoms with Gasteiger partial charge in [-0.3, -0.25) is 9.78 Å². The number of pyridine rings is 1. The number of anilines is 1. The Balaban J connectivity index is 2.16. The molecule has 0 aliphatic heterocycles. The summed E-state index contributed by atoms with van der Waals surface area (Å²) in [5.41, 5.74) is 6.06. The zero-order valence-corrected chi connectivity index (χ0v) is 8.10. The van der Waals surface area contributed by atoms with Crippen LogP contribution in [0.4, 0.5) is 5.69 Å². The Morgan fingerprint density at radius 3 is 2.57 bits per heavy atom. The zero-order chi connectivity index (χ0) is 10.2. The third-order valence-corrected chi connectivity index (χ3v) is 2.57. The number of carbonyl (C=O) groups excluding carboxylic acids is 1. The highest BCUT2D eigenvalue weighted by Crippen LogP contribution is 2.34. The van der Waals surface area contributed by atoms with E-state index in [4.69, 9.17) is 5.73 Å². The molecule has 1 saturated carbocycles. The van der Waals surface area contributed by atoms with Gasteiger partial charge in [0.15, 0.2) is 0 Å². The van der Waals surface area contributed by atoms with Gasteiger partial charge in [0.25, 0.3) is 0 Å². The van der Waals surface area contributed by atoms with Gasteiger partial charge in [-0.15, -0.1) is 0 Å². The summed E-state index contributed by atoms with van der Waals surface area (Å²) < 4.78 is 0. The highest BCUT2D eigenvalue weighted by atomic mass is 16.2. The fourth-order valence-corrected chi connectivity index (χ4v) is 1.37. The molecule has 74 valence electrons. The van der Waals surface area contributed by atoms with Gasteiger partial charge in [-0.2, -0.15) is 0 Å². The molecule has 2 N–H and O–H groups in total. The molecule has 2 rings (SSSR count). The molecule has 1 aromatic heterocycles. The number of nitrogens with zero attached hydrogens (tertiary/aromatic N) is 2. The van der Waals surface area contributed by atoms with E-state index >= 15 is 0 Å². The van der Waals surface area contributed by atoms with E-state index in [1.165, 1.54) is 0 Å². The predicted molar refractivity (Wildman–Crippen MR) is 53.8 cm³/mol. The maximum Gasteiger partial charge on any atom is 0.246 e. The maximum atomic E-state index is 11.8. The lowest BCUT2D eigenvalue weighted by molar-refractivity contribution is -0.120. The Bertz CT molecular complexity index is 346. The molecule has 0 saturated heterocycles. The Morgan fingerprint density at radius 1 is 1.50 bits per heavy atom. The van der Waals surface area contributed by atoms with Crippen LogP contribution in [0.3, 0.4) is 0 Å². The van der Waals surface area contributed by atoms with Crippen molar-refractivity contribution in [2.45, 2.75) is 18.4 Å². The van der Waals surface area contributed by atoms with Crippen LogP contribution in [0.1, 0.15) is 12.8 Å². The van der Waals surface area contributed by atoms with Crippen LogP contribution in [-0.2, 0) is 4.79 Å². The van der Waals surface area contributed by atoms with Crippen LogP contribution in [0.2, 0.25) is 0 Å². The number of carbonyl (C=O) groups is 1. The molecule has 4 nitrogen and oxygen atoms in total. The molecule has 4 heteroatoms. The van der Waals surface area contributed by atoms with Crippen molar-refractivity contribution in [3.05, 3.63) is 24.5 Å². The van der Waals surface area contributed by atoms with Crippen LogP contribution < -0.4 is 10.6 Å². The first kappa shape index (κ1) is 9.15. The fraction of sp³-hybridized carbons (Fsp3) is 0.400. The Labute approximate surface area is 82.7 Å². The molecule has 1 amide bonds. The van der Waals surface area contributed by atoms with Crippen molar-refractivity contribution < 1.29 is 4.79 Å². The summed E-state index contributed by atoms with van der Waals surface area (Å²) in [6.07, 6.45) is 4.91. The molecule has 0 unspecified atom stereocenters. The van der Waals surface area contributed by atoms with Gasteiger partial charge >= 0.3 is 0 Å². The van der Waals surface area contributed by atoms with Crippen molar-refractivity contribution in [1.82, 2.24) is 4.98 Å². The van der Waals surface area contributed by atoms with Crippen molar-refractivity contribution in [2.75, 3.05) is 11.9 Å². The van der Waals surface area contributed by atoms with Gasteiger partial charge < -0.3 is 10.6 Å². The fourth-order valence-electron chi connectivity index (χ4n) is 1.37. The van der Waals surface area contributed by atoms with Crippen molar-refractivity contribution in [3.8, 4) is 0 Å². The number of rotatable bonds is 2. The molecule has 0 atom stereocenters. The SMILES string of the molecule is CN(C(=O)C1(N)CC1)c1ccncc1. The summed E-state index contributed by atoms with van der Waals surface area (Å²) in [4.78, 5) is 17.3. The van der Waals surface area contributed by atoms with Crippen molar-refractivity contribution in [1.29, 1.82) is 0 Å². The van der Waals surface area contributed by atoms with Crippen LogP contribution in [0.5, 0.6) is 0 Å². The third-order valence-electron chi connectivity index (χ3n) is 2.57. The Hall–Kier alpha value is -1.42. The first-order chi connectivity index (χ1) is 6.63. The van der Waals surface area contributed by atoms with Gasteiger partial charge in [-0.25, -0.2) is 0 Å². The van der Waals surface area contributed by atoms with E-state index in [1.54, 1.807) is 36.5 Å². The number of hydrogen-bond acceptors (Lipinski definition) is 3. The quantitative estimate of drug-likeness (QED) is 0.742. The van der Waals surface area contributed by atoms with Crippen molar-refractivity contribution >= 4 is 11.6 Å². The van der Waals surface area contributed by atoms with Gasteiger partial charge in [0.2, 0.25) is 5.91 Å². The predicted octanol–water partition coefficient (Wildman–Crippen LogP) is 0.536. The first-order valence-electron chi connectivity index (χ1n) is 4.60. The van der Waals surface area contributed by atoms with Crippen molar-refractivity contribution in [3.63, 3.8) is 0 Å².